The highest BCUT2D eigenvalue weighted by atomic mass is 32.2. The maximum absolute atomic E-state index is 10.1. The Labute approximate surface area is 59.6 Å². The molecule has 0 aliphatic carbocycles. The third-order valence-corrected chi connectivity index (χ3v) is 1.39. The molecular formula is C5H7NO3S. The van der Waals surface area contributed by atoms with Crippen LogP contribution in [0.25, 0.3) is 0 Å². The lowest BCUT2D eigenvalue weighted by atomic mass is 11.3. The third kappa shape index (κ3) is 9.87. The summed E-state index contributed by atoms with van der Waals surface area (Å²) in [5, 5.41) is 15.4. The fraction of sp³-hybridized carbons (Fsp3) is 0. The zero-order valence-electron chi connectivity index (χ0n) is 5.19. The molecule has 0 radical (unpaired) electrons. The number of hydrogen-bond donors (Lipinski definition) is 1. The first-order valence-electron chi connectivity index (χ1n) is 2.07. The van der Waals surface area contributed by atoms with E-state index in [9.17, 15) is 8.42 Å². The summed E-state index contributed by atoms with van der Waals surface area (Å²) in [6.45, 7) is 6.09. The second-order valence-corrected chi connectivity index (χ2v) is 2.87. The number of nitrogens with zero attached hydrogens (tertiary/aromatic N) is 1. The average molecular weight is 161 g/mol. The van der Waals surface area contributed by atoms with E-state index in [4.69, 9.17) is 10.4 Å². The van der Waals surface area contributed by atoms with Gasteiger partial charge in [0.15, 0.2) is 9.84 Å². The van der Waals surface area contributed by atoms with Crippen LogP contribution >= 0.6 is 0 Å². The van der Waals surface area contributed by atoms with E-state index in [1.54, 1.807) is 0 Å². The molecule has 56 valence electrons. The lowest BCUT2D eigenvalue weighted by molar-refractivity contribution is 0.503. The number of rotatable bonds is 2. The largest absolute Gasteiger partial charge is 0.443 e. The van der Waals surface area contributed by atoms with Gasteiger partial charge in [0.25, 0.3) is 6.26 Å². The van der Waals surface area contributed by atoms with E-state index in [1.165, 1.54) is 0 Å². The van der Waals surface area contributed by atoms with Gasteiger partial charge in [-0.05, 0) is 0 Å². The van der Waals surface area contributed by atoms with Gasteiger partial charge in [-0.1, -0.05) is 13.2 Å². The zero-order valence-corrected chi connectivity index (χ0v) is 6.00. The molecule has 0 aromatic heterocycles. The summed E-state index contributed by atoms with van der Waals surface area (Å²) in [6, 6.07) is 0. The van der Waals surface area contributed by atoms with Gasteiger partial charge in [-0.2, -0.15) is 5.26 Å². The Morgan fingerprint density at radius 3 is 1.60 bits per heavy atom. The van der Waals surface area contributed by atoms with Crippen molar-refractivity contribution in [1.29, 1.82) is 5.26 Å². The summed E-state index contributed by atoms with van der Waals surface area (Å²) >= 11 is 0. The van der Waals surface area contributed by atoms with Crippen LogP contribution in [0, 0.1) is 11.5 Å². The van der Waals surface area contributed by atoms with Crippen molar-refractivity contribution in [1.82, 2.24) is 0 Å². The highest BCUT2D eigenvalue weighted by molar-refractivity contribution is 7.97. The quantitative estimate of drug-likeness (QED) is 0.599. The van der Waals surface area contributed by atoms with Crippen LogP contribution in [0.1, 0.15) is 0 Å². The summed E-state index contributed by atoms with van der Waals surface area (Å²) in [7, 11) is -3.13. The molecule has 0 atom stereocenters. The average Bonchev–Trinajstić information content (AvgIpc) is 1.90. The number of aliphatic hydroxyl groups is 1. The highest BCUT2D eigenvalue weighted by Crippen LogP contribution is 1.87. The van der Waals surface area contributed by atoms with Crippen molar-refractivity contribution < 1.29 is 13.5 Å². The van der Waals surface area contributed by atoms with E-state index in [2.05, 4.69) is 13.2 Å². The van der Waals surface area contributed by atoms with Gasteiger partial charge in [-0.25, -0.2) is 8.42 Å². The summed E-state index contributed by atoms with van der Waals surface area (Å²) in [5.41, 5.74) is 0. The molecule has 0 amide bonds. The van der Waals surface area contributed by atoms with Gasteiger partial charge in [0.1, 0.15) is 0 Å². The van der Waals surface area contributed by atoms with Gasteiger partial charge >= 0.3 is 0 Å². The summed E-state index contributed by atoms with van der Waals surface area (Å²) < 4.78 is 20.3. The minimum absolute atomic E-state index is 0.750. The monoisotopic (exact) mass is 161 g/mol. The maximum atomic E-state index is 10.1. The molecule has 0 aromatic carbocycles. The molecule has 10 heavy (non-hydrogen) atoms. The summed E-state index contributed by atoms with van der Waals surface area (Å²) in [4.78, 5) is 0. The van der Waals surface area contributed by atoms with E-state index >= 15 is 0 Å². The Morgan fingerprint density at radius 1 is 1.40 bits per heavy atom. The molecule has 1 N–H and O–H groups in total. The van der Waals surface area contributed by atoms with Crippen LogP contribution in [0.3, 0.4) is 0 Å². The van der Waals surface area contributed by atoms with E-state index < -0.39 is 9.84 Å². The van der Waals surface area contributed by atoms with Gasteiger partial charge in [0.2, 0.25) is 0 Å². The predicted octanol–water partition coefficient (Wildman–Crippen LogP) is 0.528. The van der Waals surface area contributed by atoms with Gasteiger partial charge < -0.3 is 5.11 Å². The Bertz CT molecular complexity index is 220. The normalized spacial score (nSPS) is 7.90. The molecule has 0 rings (SSSR count). The first-order valence-corrected chi connectivity index (χ1v) is 3.68. The molecule has 0 saturated carbocycles. The van der Waals surface area contributed by atoms with Crippen molar-refractivity contribution in [3.8, 4) is 6.26 Å². The van der Waals surface area contributed by atoms with Crippen LogP contribution in [0.4, 0.5) is 0 Å². The van der Waals surface area contributed by atoms with Crippen molar-refractivity contribution in [3.63, 3.8) is 0 Å². The minimum atomic E-state index is -3.13. The van der Waals surface area contributed by atoms with Crippen LogP contribution < -0.4 is 0 Å². The molecule has 0 fully saturated rings. The molecule has 0 unspecified atom stereocenters. The van der Waals surface area contributed by atoms with Crippen molar-refractivity contribution >= 4 is 9.84 Å². The molecule has 0 aliphatic rings. The number of aliphatic hydroxyl groups excluding tert-OH is 1. The van der Waals surface area contributed by atoms with Gasteiger partial charge in [-0.3, -0.25) is 0 Å². The second-order valence-electron chi connectivity index (χ2n) is 1.02. The molecule has 0 heterocycles. The molecule has 0 saturated heterocycles. The van der Waals surface area contributed by atoms with Crippen molar-refractivity contribution in [3.05, 3.63) is 24.0 Å². The minimum Gasteiger partial charge on any atom is -0.443 e. The van der Waals surface area contributed by atoms with E-state index in [0.29, 0.717) is 0 Å². The molecule has 0 aliphatic heterocycles. The predicted molar refractivity (Wildman–Crippen MR) is 36.9 cm³/mol. The lowest BCUT2D eigenvalue weighted by Gasteiger charge is -1.78. The zero-order chi connectivity index (χ0) is 8.62. The SMILES string of the molecule is C=CS(=O)(=O)C=C.N#CO. The van der Waals surface area contributed by atoms with E-state index in [1.807, 2.05) is 0 Å². The second kappa shape index (κ2) is 5.85. The van der Waals surface area contributed by atoms with Crippen LogP contribution in [-0.2, 0) is 9.84 Å². The Kier molecular flexibility index (Phi) is 6.73. The van der Waals surface area contributed by atoms with Gasteiger partial charge in [0.05, 0.1) is 0 Å². The molecule has 0 bridgehead atoms. The molecule has 0 spiro atoms. The van der Waals surface area contributed by atoms with Crippen LogP contribution in [-0.4, -0.2) is 13.5 Å². The molecular weight excluding hydrogens is 154 g/mol. The van der Waals surface area contributed by atoms with Crippen LogP contribution in [0.5, 0.6) is 0 Å². The number of nitriles is 1. The number of hydrogen-bond acceptors (Lipinski definition) is 4. The van der Waals surface area contributed by atoms with Crippen molar-refractivity contribution in [2.75, 3.05) is 0 Å². The van der Waals surface area contributed by atoms with E-state index in [-0.39, 0.29) is 0 Å². The molecule has 0 aromatic rings. The number of sulfone groups is 1. The van der Waals surface area contributed by atoms with E-state index in [0.717, 1.165) is 17.1 Å². The third-order valence-electron chi connectivity index (χ3n) is 0.465. The van der Waals surface area contributed by atoms with Crippen LogP contribution in [0.2, 0.25) is 0 Å². The highest BCUT2D eigenvalue weighted by Gasteiger charge is 1.90. The maximum Gasteiger partial charge on any atom is 0.283 e. The first kappa shape index (κ1) is 11.5. The lowest BCUT2D eigenvalue weighted by Crippen LogP contribution is -1.83. The first-order chi connectivity index (χ1) is 4.54. The standard InChI is InChI=1S/C4H6O2S.CHNO/c1-3-7(5,6)4-2;2-1-3/h3-4H,1-2H2;3H. The molecule has 4 nitrogen and oxygen atoms in total. The fourth-order valence-corrected chi connectivity index (χ4v) is 0.204. The topological polar surface area (TPSA) is 78.2 Å². The van der Waals surface area contributed by atoms with Crippen LogP contribution in [0.15, 0.2) is 24.0 Å². The van der Waals surface area contributed by atoms with Gasteiger partial charge in [0, 0.05) is 10.8 Å². The van der Waals surface area contributed by atoms with Crippen molar-refractivity contribution in [2.24, 2.45) is 0 Å². The summed E-state index contributed by atoms with van der Waals surface area (Å²) in [6.07, 6.45) is 0.750. The Hall–Kier alpha value is -1.28. The molecule has 5 heteroatoms. The smallest absolute Gasteiger partial charge is 0.283 e. The van der Waals surface area contributed by atoms with Gasteiger partial charge in [-0.15, -0.1) is 0 Å². The Morgan fingerprint density at radius 2 is 1.60 bits per heavy atom. The summed E-state index contributed by atoms with van der Waals surface area (Å²) in [5.74, 6) is 0. The fourth-order valence-electron chi connectivity index (χ4n) is 0.0680. The van der Waals surface area contributed by atoms with Crippen molar-refractivity contribution in [2.45, 2.75) is 0 Å². The Balaban J connectivity index is 0.